The number of hydrogen-bond acceptors (Lipinski definition) is 1. The molecule has 2 aromatic heterocycles. The molecule has 1 aliphatic heterocycles. The van der Waals surface area contributed by atoms with E-state index in [-0.39, 0.29) is 5.91 Å². The van der Waals surface area contributed by atoms with E-state index in [0.29, 0.717) is 13.1 Å². The first-order chi connectivity index (χ1) is 16.7. The van der Waals surface area contributed by atoms with E-state index < -0.39 is 5.41 Å². The first kappa shape index (κ1) is 20.3. The quantitative estimate of drug-likeness (QED) is 0.309. The zero-order valence-electron chi connectivity index (χ0n) is 18.9. The number of rotatable bonds is 6. The summed E-state index contributed by atoms with van der Waals surface area (Å²) in [6, 6.07) is 24.6. The number of nitrogens with zero attached hydrogens (tertiary/aromatic N) is 2. The fourth-order valence-electron chi connectivity index (χ4n) is 5.61. The van der Waals surface area contributed by atoms with Crippen molar-refractivity contribution in [1.29, 1.82) is 0 Å². The first-order valence-corrected chi connectivity index (χ1v) is 11.5. The van der Waals surface area contributed by atoms with Gasteiger partial charge in [0.2, 0.25) is 5.91 Å². The molecule has 3 heterocycles. The predicted octanol–water partition coefficient (Wildman–Crippen LogP) is 6.25. The van der Waals surface area contributed by atoms with Gasteiger partial charge >= 0.3 is 0 Å². The molecule has 1 amide bonds. The molecule has 5 aromatic rings. The first-order valence-electron chi connectivity index (χ1n) is 11.5. The Morgan fingerprint density at radius 3 is 1.76 bits per heavy atom. The lowest BCUT2D eigenvalue weighted by Crippen LogP contribution is -2.36. The van der Waals surface area contributed by atoms with Crippen LogP contribution in [-0.4, -0.2) is 15.0 Å². The predicted molar refractivity (Wildman–Crippen MR) is 139 cm³/mol. The third-order valence-electron chi connectivity index (χ3n) is 6.96. The Morgan fingerprint density at radius 1 is 0.706 bits per heavy atom. The summed E-state index contributed by atoms with van der Waals surface area (Å²) in [6.07, 6.45) is 8.05. The minimum Gasteiger partial charge on any atom is -0.343 e. The molecule has 4 nitrogen and oxygen atoms in total. The van der Waals surface area contributed by atoms with Crippen molar-refractivity contribution in [2.24, 2.45) is 0 Å². The van der Waals surface area contributed by atoms with E-state index in [2.05, 4.69) is 70.3 Å². The molecule has 1 N–H and O–H groups in total. The summed E-state index contributed by atoms with van der Waals surface area (Å²) < 4.78 is 4.35. The van der Waals surface area contributed by atoms with Gasteiger partial charge in [-0.1, -0.05) is 66.7 Å². The Morgan fingerprint density at radius 2 is 1.21 bits per heavy atom. The number of allylic oxidation sites excluding steroid dienone is 2. The van der Waals surface area contributed by atoms with Crippen LogP contribution >= 0.6 is 0 Å². The van der Waals surface area contributed by atoms with Gasteiger partial charge in [0.05, 0.1) is 0 Å². The van der Waals surface area contributed by atoms with E-state index >= 15 is 0 Å². The summed E-state index contributed by atoms with van der Waals surface area (Å²) >= 11 is 0. The van der Waals surface area contributed by atoms with E-state index in [1.54, 1.807) is 0 Å². The van der Waals surface area contributed by atoms with Gasteiger partial charge in [-0.25, -0.2) is 0 Å². The number of carbonyl (C=O) groups excluding carboxylic acids is 1. The molecule has 166 valence electrons. The molecule has 34 heavy (non-hydrogen) atoms. The molecule has 0 bridgehead atoms. The van der Waals surface area contributed by atoms with Crippen LogP contribution in [0.3, 0.4) is 0 Å². The van der Waals surface area contributed by atoms with Gasteiger partial charge in [-0.05, 0) is 18.2 Å². The molecule has 0 atom stereocenters. The highest BCUT2D eigenvalue weighted by Gasteiger charge is 2.52. The highest BCUT2D eigenvalue weighted by molar-refractivity contribution is 6.15. The molecule has 0 saturated carbocycles. The molecular weight excluding hydrogens is 418 g/mol. The van der Waals surface area contributed by atoms with E-state index in [9.17, 15) is 4.79 Å². The maximum absolute atomic E-state index is 14.2. The molecule has 0 fully saturated rings. The maximum atomic E-state index is 14.2. The van der Waals surface area contributed by atoms with Gasteiger partial charge in [-0.2, -0.15) is 0 Å². The Balaban J connectivity index is 1.79. The second kappa shape index (κ2) is 7.63. The molecule has 0 saturated heterocycles. The summed E-state index contributed by atoms with van der Waals surface area (Å²) in [5, 5.41) is 5.33. The molecule has 0 spiro atoms. The van der Waals surface area contributed by atoms with Crippen molar-refractivity contribution in [1.82, 2.24) is 9.13 Å². The summed E-state index contributed by atoms with van der Waals surface area (Å²) in [4.78, 5) is 14.2. The van der Waals surface area contributed by atoms with Crippen LogP contribution in [0, 0.1) is 0 Å². The molecule has 0 unspecified atom stereocenters. The van der Waals surface area contributed by atoms with Crippen molar-refractivity contribution in [3.63, 3.8) is 0 Å². The Hall–Kier alpha value is -4.31. The van der Waals surface area contributed by atoms with Crippen molar-refractivity contribution >= 4 is 33.4 Å². The average molecular weight is 444 g/mol. The summed E-state index contributed by atoms with van der Waals surface area (Å²) in [6.45, 7) is 9.23. The summed E-state index contributed by atoms with van der Waals surface area (Å²) in [5.41, 5.74) is 4.97. The van der Waals surface area contributed by atoms with Crippen LogP contribution in [0.1, 0.15) is 16.7 Å². The molecule has 0 aliphatic carbocycles. The van der Waals surface area contributed by atoms with Crippen LogP contribution in [-0.2, 0) is 23.3 Å². The highest BCUT2D eigenvalue weighted by Crippen LogP contribution is 2.52. The van der Waals surface area contributed by atoms with Gasteiger partial charge < -0.3 is 14.5 Å². The normalized spacial score (nSPS) is 14.3. The minimum atomic E-state index is -0.991. The number of hydrogen-bond donors (Lipinski definition) is 1. The van der Waals surface area contributed by atoms with Gasteiger partial charge in [0.15, 0.2) is 0 Å². The number of nitrogens with one attached hydrogen (secondary N) is 1. The fourth-order valence-corrected chi connectivity index (χ4v) is 5.61. The number of amides is 1. The smallest absolute Gasteiger partial charge is 0.244 e. The van der Waals surface area contributed by atoms with E-state index in [1.807, 2.05) is 54.6 Å². The zero-order valence-corrected chi connectivity index (χ0v) is 18.9. The average Bonchev–Trinajstić information content (AvgIpc) is 3.50. The van der Waals surface area contributed by atoms with Gasteiger partial charge in [-0.15, -0.1) is 13.2 Å². The number of aromatic nitrogens is 2. The molecule has 1 aliphatic rings. The van der Waals surface area contributed by atoms with Crippen LogP contribution < -0.4 is 5.32 Å². The molecule has 6 rings (SSSR count). The lowest BCUT2D eigenvalue weighted by atomic mass is 9.70. The number of carbonyl (C=O) groups is 1. The molecular formula is C30H25N3O. The third-order valence-corrected chi connectivity index (χ3v) is 6.96. The van der Waals surface area contributed by atoms with E-state index in [1.165, 1.54) is 0 Å². The number of para-hydroxylation sites is 3. The van der Waals surface area contributed by atoms with Crippen molar-refractivity contribution in [3.8, 4) is 0 Å². The number of anilines is 1. The van der Waals surface area contributed by atoms with Crippen molar-refractivity contribution < 1.29 is 4.79 Å². The van der Waals surface area contributed by atoms with Gasteiger partial charge in [-0.3, -0.25) is 4.79 Å². The monoisotopic (exact) mass is 443 g/mol. The highest BCUT2D eigenvalue weighted by atomic mass is 16.2. The van der Waals surface area contributed by atoms with Gasteiger partial charge in [0, 0.05) is 69.7 Å². The Kier molecular flexibility index (Phi) is 4.56. The van der Waals surface area contributed by atoms with Crippen LogP contribution in [0.4, 0.5) is 5.69 Å². The van der Waals surface area contributed by atoms with Gasteiger partial charge in [0.1, 0.15) is 5.41 Å². The summed E-state index contributed by atoms with van der Waals surface area (Å²) in [5.74, 6) is -0.0308. The van der Waals surface area contributed by atoms with Crippen LogP contribution in [0.15, 0.2) is 111 Å². The lowest BCUT2D eigenvalue weighted by molar-refractivity contribution is -0.118. The molecule has 0 radical (unpaired) electrons. The SMILES string of the molecule is C=CCn1cc(C2(c3cn(CC=C)c4ccccc34)C(=O)Nc3ccccc32)c2ccccc21. The molecule has 3 aromatic carbocycles. The van der Waals surface area contributed by atoms with Crippen molar-refractivity contribution in [3.05, 3.63) is 127 Å². The minimum absolute atomic E-state index is 0.0308. The van der Waals surface area contributed by atoms with Crippen LogP contribution in [0.5, 0.6) is 0 Å². The van der Waals surface area contributed by atoms with Crippen molar-refractivity contribution in [2.45, 2.75) is 18.5 Å². The topological polar surface area (TPSA) is 39.0 Å². The lowest BCUT2D eigenvalue weighted by Gasteiger charge is -2.28. The maximum Gasteiger partial charge on any atom is 0.244 e. The Bertz CT molecular complexity index is 1510. The van der Waals surface area contributed by atoms with E-state index in [4.69, 9.17) is 0 Å². The third kappa shape index (κ3) is 2.62. The van der Waals surface area contributed by atoms with Crippen LogP contribution in [0.25, 0.3) is 21.8 Å². The second-order valence-corrected chi connectivity index (χ2v) is 8.75. The summed E-state index contributed by atoms with van der Waals surface area (Å²) in [7, 11) is 0. The largest absolute Gasteiger partial charge is 0.343 e. The molecule has 4 heteroatoms. The fraction of sp³-hybridized carbons (Fsp3) is 0.100. The van der Waals surface area contributed by atoms with E-state index in [0.717, 1.165) is 44.2 Å². The van der Waals surface area contributed by atoms with Gasteiger partial charge in [0.25, 0.3) is 0 Å². The number of fused-ring (bicyclic) bond motifs is 3. The zero-order chi connectivity index (χ0) is 23.3. The van der Waals surface area contributed by atoms with Crippen LogP contribution in [0.2, 0.25) is 0 Å². The second-order valence-electron chi connectivity index (χ2n) is 8.75. The standard InChI is InChI=1S/C30H25N3O/c1-3-17-32-19-24(21-11-5-9-15-27(21)32)30(23-13-7-8-14-26(23)31-29(30)34)25-20-33(18-4-2)28-16-10-6-12-22(25)28/h3-16,19-20H,1-2,17-18H2,(H,31,34). The number of benzene rings is 3. The van der Waals surface area contributed by atoms with Crippen molar-refractivity contribution in [2.75, 3.05) is 5.32 Å². The Labute approximate surface area is 198 Å².